The Balaban J connectivity index is 0. The molecule has 3 nitrogen and oxygen atoms in total. The van der Waals surface area contributed by atoms with Crippen molar-refractivity contribution < 1.29 is 9.53 Å². The summed E-state index contributed by atoms with van der Waals surface area (Å²) in [6.45, 7) is 11.3. The molecule has 0 atom stereocenters. The zero-order valence-electron chi connectivity index (χ0n) is 25.1. The number of likely N-dealkylation sites (N-methyl/N-ethyl adjacent to an activating group) is 1. The van der Waals surface area contributed by atoms with E-state index in [-0.39, 0.29) is 5.97 Å². The van der Waals surface area contributed by atoms with Crippen molar-refractivity contribution in [3.05, 3.63) is 0 Å². The van der Waals surface area contributed by atoms with Crippen LogP contribution in [0.25, 0.3) is 0 Å². The van der Waals surface area contributed by atoms with Gasteiger partial charge in [-0.05, 0) is 19.5 Å². The molecule has 3 heteroatoms. The standard InChI is InChI=1S/C19H39NO2.C13H28/c1-4-6-7-8-9-10-11-12-13-14-15-16-17-20(5-2)18-19(21)22-3;1-3-5-7-9-11-13-12-10-8-6-4-2/h4-18H2,1-3H3;3-13H2,1-2H3. The van der Waals surface area contributed by atoms with Gasteiger partial charge in [-0.25, -0.2) is 0 Å². The van der Waals surface area contributed by atoms with Crippen LogP contribution in [0.15, 0.2) is 0 Å². The van der Waals surface area contributed by atoms with Gasteiger partial charge in [0.2, 0.25) is 0 Å². The van der Waals surface area contributed by atoms with Gasteiger partial charge in [-0.2, -0.15) is 0 Å². The molecule has 0 rings (SSSR count). The van der Waals surface area contributed by atoms with Crippen molar-refractivity contribution in [2.45, 2.75) is 175 Å². The fourth-order valence-electron chi connectivity index (χ4n) is 4.51. The van der Waals surface area contributed by atoms with Crippen LogP contribution in [0.5, 0.6) is 0 Å². The number of hydrogen-bond acceptors (Lipinski definition) is 3. The number of esters is 1. The predicted octanol–water partition coefficient (Wildman–Crippen LogP) is 10.5. The number of carbonyl (C=O) groups is 1. The second-order valence-corrected chi connectivity index (χ2v) is 10.5. The van der Waals surface area contributed by atoms with Crippen molar-refractivity contribution in [3.63, 3.8) is 0 Å². The zero-order chi connectivity index (χ0) is 26.2. The van der Waals surface area contributed by atoms with Gasteiger partial charge in [0.15, 0.2) is 0 Å². The summed E-state index contributed by atoms with van der Waals surface area (Å²) in [5, 5.41) is 0. The van der Waals surface area contributed by atoms with Gasteiger partial charge >= 0.3 is 5.97 Å². The van der Waals surface area contributed by atoms with E-state index in [0.717, 1.165) is 13.1 Å². The van der Waals surface area contributed by atoms with Gasteiger partial charge in [0, 0.05) is 0 Å². The Labute approximate surface area is 222 Å². The first-order valence-electron chi connectivity index (χ1n) is 15.9. The minimum Gasteiger partial charge on any atom is -0.468 e. The second-order valence-electron chi connectivity index (χ2n) is 10.5. The minimum atomic E-state index is -0.124. The zero-order valence-corrected chi connectivity index (χ0v) is 25.1. The molecule has 212 valence electrons. The molecule has 0 aromatic rings. The van der Waals surface area contributed by atoms with E-state index in [1.54, 1.807) is 0 Å². The molecule has 0 aliphatic rings. The number of methoxy groups -OCH3 is 1. The topological polar surface area (TPSA) is 29.5 Å². The van der Waals surface area contributed by atoms with Crippen LogP contribution >= 0.6 is 0 Å². The highest BCUT2D eigenvalue weighted by molar-refractivity contribution is 5.71. The Bertz CT molecular complexity index is 376. The summed E-state index contributed by atoms with van der Waals surface area (Å²) < 4.78 is 4.72. The van der Waals surface area contributed by atoms with Gasteiger partial charge < -0.3 is 4.74 Å². The van der Waals surface area contributed by atoms with Gasteiger partial charge in [0.1, 0.15) is 0 Å². The summed E-state index contributed by atoms with van der Waals surface area (Å²) in [6, 6.07) is 0. The van der Waals surface area contributed by atoms with E-state index in [9.17, 15) is 4.79 Å². The Morgan fingerprint density at radius 1 is 0.486 bits per heavy atom. The van der Waals surface area contributed by atoms with E-state index < -0.39 is 0 Å². The number of hydrogen-bond donors (Lipinski definition) is 0. The lowest BCUT2D eigenvalue weighted by atomic mass is 10.1. The fraction of sp³-hybridized carbons (Fsp3) is 0.969. The number of rotatable bonds is 26. The van der Waals surface area contributed by atoms with Crippen molar-refractivity contribution in [1.29, 1.82) is 0 Å². The lowest BCUT2D eigenvalue weighted by molar-refractivity contribution is -0.141. The maximum absolute atomic E-state index is 11.2. The van der Waals surface area contributed by atoms with Crippen LogP contribution in [0.2, 0.25) is 0 Å². The van der Waals surface area contributed by atoms with Gasteiger partial charge in [-0.15, -0.1) is 0 Å². The molecule has 0 saturated heterocycles. The first kappa shape index (κ1) is 36.6. The summed E-state index contributed by atoms with van der Waals surface area (Å²) in [6.07, 6.45) is 32.4. The monoisotopic (exact) mass is 498 g/mol. The number of ether oxygens (including phenoxy) is 1. The molecule has 0 N–H and O–H groups in total. The van der Waals surface area contributed by atoms with E-state index in [1.165, 1.54) is 155 Å². The van der Waals surface area contributed by atoms with Crippen LogP contribution in [0.4, 0.5) is 0 Å². The highest BCUT2D eigenvalue weighted by Gasteiger charge is 2.08. The number of unbranched alkanes of at least 4 members (excludes halogenated alkanes) is 21. The third-order valence-electron chi connectivity index (χ3n) is 7.06. The molecule has 0 amide bonds. The number of nitrogens with zero attached hydrogens (tertiary/aromatic N) is 1. The summed E-state index contributed by atoms with van der Waals surface area (Å²) in [7, 11) is 1.46. The first-order chi connectivity index (χ1) is 17.2. The lowest BCUT2D eigenvalue weighted by Gasteiger charge is -2.18. The molecule has 0 heterocycles. The van der Waals surface area contributed by atoms with E-state index in [0.29, 0.717) is 6.54 Å². The predicted molar refractivity (Wildman–Crippen MR) is 157 cm³/mol. The van der Waals surface area contributed by atoms with E-state index in [1.807, 2.05) is 0 Å². The van der Waals surface area contributed by atoms with E-state index in [4.69, 9.17) is 4.74 Å². The van der Waals surface area contributed by atoms with Gasteiger partial charge in [0.25, 0.3) is 0 Å². The van der Waals surface area contributed by atoms with Crippen LogP contribution in [0, 0.1) is 0 Å². The normalized spacial score (nSPS) is 10.9. The van der Waals surface area contributed by atoms with Gasteiger partial charge in [-0.1, -0.05) is 169 Å². The summed E-state index contributed by atoms with van der Waals surface area (Å²) in [5.41, 5.74) is 0. The molecule has 0 saturated carbocycles. The average Bonchev–Trinajstić information content (AvgIpc) is 2.88. The SMILES string of the molecule is CCCCCCCCCCCCC.CCCCCCCCCCCCCCN(CC)CC(=O)OC. The van der Waals surface area contributed by atoms with Crippen molar-refractivity contribution in [2.75, 3.05) is 26.7 Å². The quantitative estimate of drug-likeness (QED) is 0.0879. The minimum absolute atomic E-state index is 0.124. The fourth-order valence-corrected chi connectivity index (χ4v) is 4.51. The van der Waals surface area contributed by atoms with Crippen molar-refractivity contribution >= 4 is 5.97 Å². The Morgan fingerprint density at radius 2 is 0.771 bits per heavy atom. The van der Waals surface area contributed by atoms with Crippen molar-refractivity contribution in [3.8, 4) is 0 Å². The molecular formula is C32H67NO2. The van der Waals surface area contributed by atoms with Crippen LogP contribution in [-0.4, -0.2) is 37.6 Å². The molecule has 0 aliphatic heterocycles. The molecule has 0 radical (unpaired) electrons. The third kappa shape index (κ3) is 33.4. The molecule has 0 aromatic carbocycles. The van der Waals surface area contributed by atoms with Crippen LogP contribution in [0.1, 0.15) is 175 Å². The average molecular weight is 498 g/mol. The van der Waals surface area contributed by atoms with E-state index >= 15 is 0 Å². The number of carbonyl (C=O) groups excluding carboxylic acids is 1. The first-order valence-corrected chi connectivity index (χ1v) is 15.9. The van der Waals surface area contributed by atoms with E-state index in [2.05, 4.69) is 32.6 Å². The van der Waals surface area contributed by atoms with Crippen LogP contribution < -0.4 is 0 Å². The molecular weight excluding hydrogens is 430 g/mol. The molecule has 35 heavy (non-hydrogen) atoms. The molecule has 0 unspecified atom stereocenters. The largest absolute Gasteiger partial charge is 0.468 e. The highest BCUT2D eigenvalue weighted by Crippen LogP contribution is 2.12. The lowest BCUT2D eigenvalue weighted by Crippen LogP contribution is -2.31. The summed E-state index contributed by atoms with van der Waals surface area (Å²) in [4.78, 5) is 13.4. The Hall–Kier alpha value is -0.570. The third-order valence-corrected chi connectivity index (χ3v) is 7.06. The summed E-state index contributed by atoms with van der Waals surface area (Å²) in [5.74, 6) is -0.124. The van der Waals surface area contributed by atoms with Crippen molar-refractivity contribution in [2.24, 2.45) is 0 Å². The molecule has 0 aliphatic carbocycles. The second kappa shape index (κ2) is 33.4. The smallest absolute Gasteiger partial charge is 0.319 e. The Morgan fingerprint density at radius 3 is 1.03 bits per heavy atom. The Kier molecular flexibility index (Phi) is 34.9. The molecule has 0 aromatic heterocycles. The molecule has 0 fully saturated rings. The van der Waals surface area contributed by atoms with Crippen molar-refractivity contribution in [1.82, 2.24) is 4.90 Å². The maximum Gasteiger partial charge on any atom is 0.319 e. The maximum atomic E-state index is 11.2. The van der Waals surface area contributed by atoms with Crippen LogP contribution in [-0.2, 0) is 9.53 Å². The van der Waals surface area contributed by atoms with Crippen LogP contribution in [0.3, 0.4) is 0 Å². The summed E-state index contributed by atoms with van der Waals surface area (Å²) >= 11 is 0. The highest BCUT2D eigenvalue weighted by atomic mass is 16.5. The van der Waals surface area contributed by atoms with Gasteiger partial charge in [0.05, 0.1) is 13.7 Å². The van der Waals surface area contributed by atoms with Gasteiger partial charge in [-0.3, -0.25) is 9.69 Å². The molecule has 0 spiro atoms. The molecule has 0 bridgehead atoms.